The molecular formula is C17H12ClNO. The van der Waals surface area contributed by atoms with Crippen LogP contribution in [0.1, 0.15) is 17.4 Å². The number of hydrogen-bond donors (Lipinski definition) is 0. The van der Waals surface area contributed by atoms with Crippen molar-refractivity contribution in [3.8, 4) is 11.3 Å². The van der Waals surface area contributed by atoms with Crippen LogP contribution in [0.2, 0.25) is 5.02 Å². The molecule has 98 valence electrons. The summed E-state index contributed by atoms with van der Waals surface area (Å²) in [7, 11) is 0. The SMILES string of the molecule is CC(=O)c1cc2ccccc2c(-c2ccccc2Cl)n1. The van der Waals surface area contributed by atoms with Gasteiger partial charge in [0.25, 0.3) is 0 Å². The lowest BCUT2D eigenvalue weighted by atomic mass is 10.0. The first kappa shape index (κ1) is 12.8. The predicted molar refractivity (Wildman–Crippen MR) is 82.2 cm³/mol. The van der Waals surface area contributed by atoms with Gasteiger partial charge in [0.15, 0.2) is 5.78 Å². The Labute approximate surface area is 122 Å². The fourth-order valence-electron chi connectivity index (χ4n) is 2.24. The normalized spacial score (nSPS) is 10.7. The quantitative estimate of drug-likeness (QED) is 0.634. The summed E-state index contributed by atoms with van der Waals surface area (Å²) in [6.45, 7) is 1.52. The van der Waals surface area contributed by atoms with E-state index in [9.17, 15) is 4.79 Å². The molecule has 0 amide bonds. The number of Topliss-reactive ketones (excluding diaryl/α,β-unsaturated/α-hetero) is 1. The maximum atomic E-state index is 11.7. The molecule has 2 nitrogen and oxygen atoms in total. The Morgan fingerprint density at radius 2 is 1.75 bits per heavy atom. The van der Waals surface area contributed by atoms with Gasteiger partial charge in [-0.1, -0.05) is 54.1 Å². The standard InChI is InChI=1S/C17H12ClNO/c1-11(20)16-10-12-6-2-3-7-13(12)17(19-16)14-8-4-5-9-15(14)18/h2-10H,1H3. The van der Waals surface area contributed by atoms with E-state index in [4.69, 9.17) is 11.6 Å². The van der Waals surface area contributed by atoms with Crippen molar-refractivity contribution in [2.24, 2.45) is 0 Å². The number of rotatable bonds is 2. The Morgan fingerprint density at radius 3 is 2.50 bits per heavy atom. The molecule has 0 aliphatic rings. The summed E-state index contributed by atoms with van der Waals surface area (Å²) in [6, 6.07) is 17.2. The van der Waals surface area contributed by atoms with E-state index in [2.05, 4.69) is 4.98 Å². The third-order valence-corrected chi connectivity index (χ3v) is 3.56. The Morgan fingerprint density at radius 1 is 1.05 bits per heavy atom. The van der Waals surface area contributed by atoms with E-state index in [0.717, 1.165) is 22.0 Å². The number of carbonyl (C=O) groups excluding carboxylic acids is 1. The molecule has 0 N–H and O–H groups in total. The van der Waals surface area contributed by atoms with Crippen molar-refractivity contribution < 1.29 is 4.79 Å². The predicted octanol–water partition coefficient (Wildman–Crippen LogP) is 4.76. The first-order valence-electron chi connectivity index (χ1n) is 6.32. The van der Waals surface area contributed by atoms with Crippen LogP contribution >= 0.6 is 11.6 Å². The minimum absolute atomic E-state index is 0.0518. The Hall–Kier alpha value is -2.19. The van der Waals surface area contributed by atoms with E-state index in [0.29, 0.717) is 10.7 Å². The molecule has 0 aliphatic carbocycles. The number of nitrogens with zero attached hydrogens (tertiary/aromatic N) is 1. The molecule has 0 fully saturated rings. The van der Waals surface area contributed by atoms with Gasteiger partial charge in [-0.25, -0.2) is 4.98 Å². The maximum absolute atomic E-state index is 11.7. The van der Waals surface area contributed by atoms with Gasteiger partial charge in [0.1, 0.15) is 5.69 Å². The number of ketones is 1. The fraction of sp³-hybridized carbons (Fsp3) is 0.0588. The number of pyridine rings is 1. The van der Waals surface area contributed by atoms with E-state index < -0.39 is 0 Å². The second-order valence-corrected chi connectivity index (χ2v) is 5.02. The minimum atomic E-state index is -0.0518. The van der Waals surface area contributed by atoms with Crippen molar-refractivity contribution in [3.05, 3.63) is 65.3 Å². The van der Waals surface area contributed by atoms with Gasteiger partial charge in [0.05, 0.1) is 5.69 Å². The molecule has 3 heteroatoms. The maximum Gasteiger partial charge on any atom is 0.178 e. The van der Waals surface area contributed by atoms with Gasteiger partial charge < -0.3 is 0 Å². The summed E-state index contributed by atoms with van der Waals surface area (Å²) in [5.41, 5.74) is 2.05. The van der Waals surface area contributed by atoms with Gasteiger partial charge in [0.2, 0.25) is 0 Å². The highest BCUT2D eigenvalue weighted by Gasteiger charge is 2.12. The average molecular weight is 282 g/mol. The topological polar surface area (TPSA) is 30.0 Å². The van der Waals surface area contributed by atoms with Gasteiger partial charge in [-0.05, 0) is 17.5 Å². The van der Waals surface area contributed by atoms with Crippen molar-refractivity contribution >= 4 is 28.2 Å². The van der Waals surface area contributed by atoms with Crippen LogP contribution in [0.4, 0.5) is 0 Å². The molecule has 0 atom stereocenters. The Bertz CT molecular complexity index is 811. The largest absolute Gasteiger partial charge is 0.293 e. The smallest absolute Gasteiger partial charge is 0.178 e. The number of halogens is 1. The number of carbonyl (C=O) groups is 1. The lowest BCUT2D eigenvalue weighted by Crippen LogP contribution is -1.99. The number of hydrogen-bond acceptors (Lipinski definition) is 2. The van der Waals surface area contributed by atoms with Crippen LogP contribution < -0.4 is 0 Å². The van der Waals surface area contributed by atoms with Crippen molar-refractivity contribution in [1.29, 1.82) is 0 Å². The highest BCUT2D eigenvalue weighted by molar-refractivity contribution is 6.33. The molecule has 0 bridgehead atoms. The molecule has 1 heterocycles. The summed E-state index contributed by atoms with van der Waals surface area (Å²) < 4.78 is 0. The lowest BCUT2D eigenvalue weighted by Gasteiger charge is -2.09. The van der Waals surface area contributed by atoms with Crippen LogP contribution in [0.15, 0.2) is 54.6 Å². The Kier molecular flexibility index (Phi) is 3.25. The highest BCUT2D eigenvalue weighted by atomic mass is 35.5. The van der Waals surface area contributed by atoms with Gasteiger partial charge >= 0.3 is 0 Å². The van der Waals surface area contributed by atoms with E-state index in [1.54, 1.807) is 0 Å². The van der Waals surface area contributed by atoms with Crippen LogP contribution in [-0.2, 0) is 0 Å². The fourth-order valence-corrected chi connectivity index (χ4v) is 2.46. The van der Waals surface area contributed by atoms with Gasteiger partial charge in [-0.2, -0.15) is 0 Å². The zero-order valence-corrected chi connectivity index (χ0v) is 11.7. The summed E-state index contributed by atoms with van der Waals surface area (Å²) in [5, 5.41) is 2.61. The molecule has 0 saturated carbocycles. The van der Waals surface area contributed by atoms with E-state index in [-0.39, 0.29) is 5.78 Å². The minimum Gasteiger partial charge on any atom is -0.293 e. The Balaban J connectivity index is 2.39. The second kappa shape index (κ2) is 5.06. The molecule has 0 saturated heterocycles. The molecule has 0 aliphatic heterocycles. The molecule has 20 heavy (non-hydrogen) atoms. The number of benzene rings is 2. The van der Waals surface area contributed by atoms with Gasteiger partial charge in [-0.3, -0.25) is 4.79 Å². The number of aromatic nitrogens is 1. The van der Waals surface area contributed by atoms with Gasteiger partial charge in [0, 0.05) is 22.9 Å². The van der Waals surface area contributed by atoms with Crippen molar-refractivity contribution in [3.63, 3.8) is 0 Å². The lowest BCUT2D eigenvalue weighted by molar-refractivity contribution is 0.101. The molecular weight excluding hydrogens is 270 g/mol. The average Bonchev–Trinajstić information content (AvgIpc) is 2.46. The van der Waals surface area contributed by atoms with Crippen LogP contribution in [0, 0.1) is 0 Å². The van der Waals surface area contributed by atoms with Crippen molar-refractivity contribution in [2.45, 2.75) is 6.92 Å². The first-order valence-corrected chi connectivity index (χ1v) is 6.70. The molecule has 0 spiro atoms. The monoisotopic (exact) mass is 281 g/mol. The second-order valence-electron chi connectivity index (χ2n) is 4.61. The van der Waals surface area contributed by atoms with E-state index >= 15 is 0 Å². The summed E-state index contributed by atoms with van der Waals surface area (Å²) in [5.74, 6) is -0.0518. The van der Waals surface area contributed by atoms with Crippen molar-refractivity contribution in [2.75, 3.05) is 0 Å². The van der Waals surface area contributed by atoms with Crippen LogP contribution in [0.25, 0.3) is 22.0 Å². The van der Waals surface area contributed by atoms with Crippen LogP contribution in [-0.4, -0.2) is 10.8 Å². The highest BCUT2D eigenvalue weighted by Crippen LogP contribution is 2.32. The molecule has 3 rings (SSSR count). The van der Waals surface area contributed by atoms with E-state index in [1.807, 2.05) is 54.6 Å². The summed E-state index contributed by atoms with van der Waals surface area (Å²) >= 11 is 6.27. The number of fused-ring (bicyclic) bond motifs is 1. The summed E-state index contributed by atoms with van der Waals surface area (Å²) in [6.07, 6.45) is 0. The zero-order chi connectivity index (χ0) is 14.1. The first-order chi connectivity index (χ1) is 9.66. The van der Waals surface area contributed by atoms with Gasteiger partial charge in [-0.15, -0.1) is 0 Å². The zero-order valence-electron chi connectivity index (χ0n) is 10.9. The summed E-state index contributed by atoms with van der Waals surface area (Å²) in [4.78, 5) is 16.2. The van der Waals surface area contributed by atoms with Crippen LogP contribution in [0.5, 0.6) is 0 Å². The molecule has 1 aromatic heterocycles. The third-order valence-electron chi connectivity index (χ3n) is 3.23. The molecule has 0 unspecified atom stereocenters. The molecule has 3 aromatic rings. The van der Waals surface area contributed by atoms with E-state index in [1.165, 1.54) is 6.92 Å². The molecule has 2 aromatic carbocycles. The molecule has 0 radical (unpaired) electrons. The third kappa shape index (κ3) is 2.19. The van der Waals surface area contributed by atoms with Crippen LogP contribution in [0.3, 0.4) is 0 Å². The van der Waals surface area contributed by atoms with Crippen molar-refractivity contribution in [1.82, 2.24) is 4.98 Å².